The Kier molecular flexibility index (Phi) is 6.13. The van der Waals surface area contributed by atoms with Gasteiger partial charge in [0.25, 0.3) is 17.4 Å². The van der Waals surface area contributed by atoms with E-state index in [1.54, 1.807) is 12.1 Å². The zero-order valence-electron chi connectivity index (χ0n) is 19.0. The van der Waals surface area contributed by atoms with Crippen LogP contribution < -0.4 is 20.9 Å². The number of nitrogens with one attached hydrogen (secondary N) is 2. The highest BCUT2D eigenvalue weighted by atomic mass is 19.1. The number of carbonyl (C=O) groups is 2. The summed E-state index contributed by atoms with van der Waals surface area (Å²) in [7, 11) is 1.43. The number of aromatic hydroxyl groups is 1. The summed E-state index contributed by atoms with van der Waals surface area (Å²) in [6.07, 6.45) is 1.67. The van der Waals surface area contributed by atoms with E-state index in [4.69, 9.17) is 11.3 Å². The molecule has 2 amide bonds. The molecule has 10 nitrogen and oxygen atoms in total. The van der Waals surface area contributed by atoms with Crippen molar-refractivity contribution in [3.05, 3.63) is 74.7 Å². The van der Waals surface area contributed by atoms with E-state index in [1.807, 2.05) is 0 Å². The number of hydrogen-bond donors (Lipinski definition) is 3. The van der Waals surface area contributed by atoms with E-state index in [0.717, 1.165) is 5.56 Å². The first-order chi connectivity index (χ1) is 16.7. The van der Waals surface area contributed by atoms with Crippen LogP contribution in [0.2, 0.25) is 0 Å². The third kappa shape index (κ3) is 4.14. The number of ether oxygens (including phenoxy) is 1. The Morgan fingerprint density at radius 1 is 1.34 bits per heavy atom. The summed E-state index contributed by atoms with van der Waals surface area (Å²) < 4.78 is 20.7. The molecule has 0 spiro atoms. The Labute approximate surface area is 199 Å². The van der Waals surface area contributed by atoms with Crippen LogP contribution in [0.1, 0.15) is 28.4 Å². The molecule has 1 aliphatic heterocycles. The first-order valence-electron chi connectivity index (χ1n) is 10.7. The van der Waals surface area contributed by atoms with E-state index < -0.39 is 40.1 Å². The molecule has 180 valence electrons. The summed E-state index contributed by atoms with van der Waals surface area (Å²) in [6.45, 7) is 8.10. The van der Waals surface area contributed by atoms with Crippen LogP contribution in [0, 0.1) is 12.4 Å². The van der Waals surface area contributed by atoms with Gasteiger partial charge in [-0.2, -0.15) is 0 Å². The fraction of sp³-hybridized carbons (Fsp3) is 0.292. The molecule has 11 heteroatoms. The maximum atomic E-state index is 13.4. The highest BCUT2D eigenvalue weighted by Crippen LogP contribution is 2.40. The fourth-order valence-corrected chi connectivity index (χ4v) is 4.07. The van der Waals surface area contributed by atoms with Gasteiger partial charge < -0.3 is 25.3 Å². The van der Waals surface area contributed by atoms with Gasteiger partial charge in [-0.1, -0.05) is 12.1 Å². The van der Waals surface area contributed by atoms with Crippen molar-refractivity contribution in [2.24, 2.45) is 0 Å². The minimum absolute atomic E-state index is 0.00595. The topological polar surface area (TPSA) is 127 Å². The molecule has 4 rings (SSSR count). The third-order valence-electron chi connectivity index (χ3n) is 5.81. The van der Waals surface area contributed by atoms with Gasteiger partial charge in [-0.3, -0.25) is 23.9 Å². The average Bonchev–Trinajstić information content (AvgIpc) is 2.84. The summed E-state index contributed by atoms with van der Waals surface area (Å²) in [5, 5.41) is 15.8. The molecular weight excluding hydrogens is 457 g/mol. The highest BCUT2D eigenvalue weighted by molar-refractivity contribution is 6.03. The molecule has 1 aromatic carbocycles. The van der Waals surface area contributed by atoms with Crippen LogP contribution in [0.15, 0.2) is 35.3 Å². The fourth-order valence-electron chi connectivity index (χ4n) is 4.07. The number of aromatic nitrogens is 2. The Morgan fingerprint density at radius 3 is 2.71 bits per heavy atom. The molecule has 3 aromatic rings. The zero-order valence-corrected chi connectivity index (χ0v) is 19.0. The molecule has 0 aliphatic carbocycles. The van der Waals surface area contributed by atoms with Gasteiger partial charge in [-0.25, -0.2) is 11.0 Å². The maximum Gasteiger partial charge on any atom is 0.268 e. The zero-order chi connectivity index (χ0) is 25.3. The molecular formula is C24H22FN5O5. The third-order valence-corrected chi connectivity index (χ3v) is 5.81. The molecule has 2 aromatic heterocycles. The Hall–Kier alpha value is -4.46. The molecule has 0 unspecified atom stereocenters. The summed E-state index contributed by atoms with van der Waals surface area (Å²) in [4.78, 5) is 46.3. The molecule has 0 saturated heterocycles. The molecule has 0 radical (unpaired) electrons. The highest BCUT2D eigenvalue weighted by Gasteiger charge is 2.42. The van der Waals surface area contributed by atoms with Crippen LogP contribution in [-0.2, 0) is 17.8 Å². The maximum absolute atomic E-state index is 13.4. The van der Waals surface area contributed by atoms with Gasteiger partial charge in [0.1, 0.15) is 22.4 Å². The first-order valence-corrected chi connectivity index (χ1v) is 10.7. The molecule has 3 heterocycles. The van der Waals surface area contributed by atoms with E-state index in [1.165, 1.54) is 36.9 Å². The number of pyridine rings is 2. The minimum atomic E-state index is -1.51. The van der Waals surface area contributed by atoms with Gasteiger partial charge in [-0.05, 0) is 24.6 Å². The van der Waals surface area contributed by atoms with E-state index in [0.29, 0.717) is 5.56 Å². The minimum Gasteiger partial charge on any atom is -0.505 e. The predicted octanol–water partition coefficient (Wildman–Crippen LogP) is 1.38. The Bertz CT molecular complexity index is 1440. The number of amides is 2. The van der Waals surface area contributed by atoms with Gasteiger partial charge in [0.05, 0.1) is 13.1 Å². The van der Waals surface area contributed by atoms with Gasteiger partial charge in [0.15, 0.2) is 11.5 Å². The molecule has 1 aliphatic rings. The van der Waals surface area contributed by atoms with E-state index in [9.17, 15) is 23.9 Å². The quantitative estimate of drug-likeness (QED) is 0.362. The van der Waals surface area contributed by atoms with Crippen LogP contribution in [0.5, 0.6) is 11.5 Å². The summed E-state index contributed by atoms with van der Waals surface area (Å²) in [5.74, 6) is -2.21. The van der Waals surface area contributed by atoms with Crippen molar-refractivity contribution in [2.45, 2.75) is 25.5 Å². The second-order valence-electron chi connectivity index (χ2n) is 8.28. The van der Waals surface area contributed by atoms with E-state index in [-0.39, 0.29) is 42.8 Å². The lowest BCUT2D eigenvalue weighted by molar-refractivity contribution is -0.136. The molecule has 1 atom stereocenters. The van der Waals surface area contributed by atoms with Crippen LogP contribution >= 0.6 is 0 Å². The number of rotatable bonds is 6. The average molecular weight is 479 g/mol. The standard InChI is InChI=1S/C24H22FN5O5/c1-24(23(34)27-3)12-30-18-17(19(31)16(22(30)33)21(32)28-9-8-26-2)29-11-14(20(18)35-24)10-13-4-6-15(25)7-5-13/h4-7,11,31H,8-10,12H2,1,3H3,(H,27,34)(H,28,32)/t24-/m0/s1. The monoisotopic (exact) mass is 479 g/mol. The number of nitrogens with zero attached hydrogens (tertiary/aromatic N) is 3. The van der Waals surface area contributed by atoms with Crippen molar-refractivity contribution in [1.82, 2.24) is 20.2 Å². The Balaban J connectivity index is 1.93. The second-order valence-corrected chi connectivity index (χ2v) is 8.28. The van der Waals surface area contributed by atoms with Crippen molar-refractivity contribution in [3.8, 4) is 11.5 Å². The molecule has 0 fully saturated rings. The lowest BCUT2D eigenvalue weighted by atomic mass is 9.98. The largest absolute Gasteiger partial charge is 0.505 e. The van der Waals surface area contributed by atoms with Gasteiger partial charge >= 0.3 is 0 Å². The SMILES string of the molecule is [C-]#[N+]CCNC(=O)c1c(O)c2ncc(Cc3ccc(F)cc3)c3c2n(c1=O)C[C@@](C)(C(=O)NC)O3. The summed E-state index contributed by atoms with van der Waals surface area (Å²) >= 11 is 0. The smallest absolute Gasteiger partial charge is 0.268 e. The van der Waals surface area contributed by atoms with Gasteiger partial charge in [0.2, 0.25) is 12.1 Å². The second kappa shape index (κ2) is 9.06. The number of hydrogen-bond acceptors (Lipinski definition) is 6. The van der Waals surface area contributed by atoms with Crippen molar-refractivity contribution >= 4 is 22.8 Å². The van der Waals surface area contributed by atoms with Crippen LogP contribution in [0.25, 0.3) is 15.9 Å². The molecule has 0 bridgehead atoms. The summed E-state index contributed by atoms with van der Waals surface area (Å²) in [6, 6.07) is 5.80. The normalized spacial score (nSPS) is 16.3. The molecule has 3 N–H and O–H groups in total. The van der Waals surface area contributed by atoms with Crippen LogP contribution in [-0.4, -0.2) is 52.2 Å². The summed E-state index contributed by atoms with van der Waals surface area (Å²) in [5.41, 5.74) is -1.53. The number of carbonyl (C=O) groups excluding carboxylic acids is 2. The van der Waals surface area contributed by atoms with E-state index >= 15 is 0 Å². The van der Waals surface area contributed by atoms with Crippen molar-refractivity contribution in [1.29, 1.82) is 0 Å². The lowest BCUT2D eigenvalue weighted by Gasteiger charge is -2.36. The van der Waals surface area contributed by atoms with Gasteiger partial charge in [-0.15, -0.1) is 0 Å². The predicted molar refractivity (Wildman–Crippen MR) is 124 cm³/mol. The lowest BCUT2D eigenvalue weighted by Crippen LogP contribution is -2.54. The molecule has 0 saturated carbocycles. The van der Waals surface area contributed by atoms with Crippen LogP contribution in [0.3, 0.4) is 0 Å². The Morgan fingerprint density at radius 2 is 2.06 bits per heavy atom. The first kappa shape index (κ1) is 23.7. The van der Waals surface area contributed by atoms with E-state index in [2.05, 4.69) is 20.5 Å². The molecule has 35 heavy (non-hydrogen) atoms. The number of benzene rings is 1. The van der Waals surface area contributed by atoms with Crippen molar-refractivity contribution in [3.63, 3.8) is 0 Å². The van der Waals surface area contributed by atoms with Crippen molar-refractivity contribution < 1.29 is 23.8 Å². The van der Waals surface area contributed by atoms with Gasteiger partial charge in [0, 0.05) is 25.2 Å². The number of halogens is 1. The van der Waals surface area contributed by atoms with Crippen molar-refractivity contribution in [2.75, 3.05) is 20.1 Å². The number of likely N-dealkylation sites (N-methyl/N-ethyl adjacent to an activating group) is 1. The van der Waals surface area contributed by atoms with Crippen LogP contribution in [0.4, 0.5) is 4.39 Å².